The third kappa shape index (κ3) is 5.30. The van der Waals surface area contributed by atoms with Crippen LogP contribution in [0.2, 0.25) is 5.02 Å². The molecule has 3 heterocycles. The Bertz CT molecular complexity index is 1670. The van der Waals surface area contributed by atoms with Crippen LogP contribution in [0.15, 0.2) is 71.9 Å². The number of aromatic nitrogens is 2. The number of nitrogens with zero attached hydrogens (tertiary/aromatic N) is 5. The van der Waals surface area contributed by atoms with Crippen molar-refractivity contribution >= 4 is 34.9 Å². The minimum atomic E-state index is -0.713. The lowest BCUT2D eigenvalue weighted by molar-refractivity contribution is 0.0783. The van der Waals surface area contributed by atoms with E-state index in [1.807, 2.05) is 31.1 Å². The van der Waals surface area contributed by atoms with Crippen molar-refractivity contribution in [2.24, 2.45) is 4.99 Å². The first-order valence-corrected chi connectivity index (χ1v) is 13.6. The number of hydrogen-bond acceptors (Lipinski definition) is 6. The Morgan fingerprint density at radius 2 is 1.83 bits per heavy atom. The highest BCUT2D eigenvalue weighted by atomic mass is 35.5. The van der Waals surface area contributed by atoms with Crippen molar-refractivity contribution in [2.75, 3.05) is 32.5 Å². The number of fused-ring (bicyclic) bond motifs is 3. The number of benzene rings is 3. The summed E-state index contributed by atoms with van der Waals surface area (Å²) < 4.78 is 29.6. The first-order valence-electron chi connectivity index (χ1n) is 13.3. The Kier molecular flexibility index (Phi) is 7.23. The Morgan fingerprint density at radius 1 is 1.05 bits per heavy atom. The van der Waals surface area contributed by atoms with E-state index >= 15 is 0 Å². The third-order valence-electron chi connectivity index (χ3n) is 7.51. The van der Waals surface area contributed by atoms with Crippen LogP contribution in [0, 0.1) is 11.6 Å². The smallest absolute Gasteiger partial charge is 0.253 e. The fourth-order valence-electron chi connectivity index (χ4n) is 5.31. The lowest BCUT2D eigenvalue weighted by Crippen LogP contribution is -2.34. The van der Waals surface area contributed by atoms with Gasteiger partial charge >= 0.3 is 0 Å². The maximum absolute atomic E-state index is 14.8. The summed E-state index contributed by atoms with van der Waals surface area (Å²) in [7, 11) is 4.06. The monoisotopic (exact) mass is 572 g/mol. The maximum atomic E-state index is 14.8. The molecule has 1 unspecified atom stereocenters. The summed E-state index contributed by atoms with van der Waals surface area (Å²) in [4.78, 5) is 31.0. The second-order valence-electron chi connectivity index (χ2n) is 10.4. The number of anilines is 2. The summed E-state index contributed by atoms with van der Waals surface area (Å²) in [5.74, 6) is -1.13. The zero-order valence-electron chi connectivity index (χ0n) is 22.5. The van der Waals surface area contributed by atoms with E-state index in [-0.39, 0.29) is 23.7 Å². The Labute approximate surface area is 241 Å². The number of likely N-dealkylation sites (tertiary alicyclic amines) is 1. The van der Waals surface area contributed by atoms with Crippen molar-refractivity contribution in [3.05, 3.63) is 106 Å². The molecule has 1 atom stereocenters. The maximum Gasteiger partial charge on any atom is 0.253 e. The number of halogens is 3. The molecule has 7 nitrogen and oxygen atoms in total. The minimum Gasteiger partial charge on any atom is -0.337 e. The molecule has 2 aliphatic rings. The normalized spacial score (nSPS) is 16.2. The lowest BCUT2D eigenvalue weighted by atomic mass is 9.95. The molecule has 1 saturated heterocycles. The Morgan fingerprint density at radius 3 is 2.59 bits per heavy atom. The molecule has 41 heavy (non-hydrogen) atoms. The number of rotatable bonds is 5. The van der Waals surface area contributed by atoms with Crippen LogP contribution in [0.5, 0.6) is 0 Å². The lowest BCUT2D eigenvalue weighted by Gasteiger charge is -2.20. The van der Waals surface area contributed by atoms with Gasteiger partial charge in [0.05, 0.1) is 23.5 Å². The van der Waals surface area contributed by atoms with Gasteiger partial charge in [-0.1, -0.05) is 29.8 Å². The number of nitrogens with one attached hydrogen (secondary N) is 1. The van der Waals surface area contributed by atoms with E-state index in [1.54, 1.807) is 36.5 Å². The number of carbonyl (C=O) groups is 1. The molecule has 1 amide bonds. The molecule has 1 N–H and O–H groups in total. The van der Waals surface area contributed by atoms with Crippen molar-refractivity contribution in [2.45, 2.75) is 19.0 Å². The second kappa shape index (κ2) is 11.0. The van der Waals surface area contributed by atoms with E-state index in [1.165, 1.54) is 18.2 Å². The quantitative estimate of drug-likeness (QED) is 0.320. The fourth-order valence-corrected chi connectivity index (χ4v) is 5.48. The first kappa shape index (κ1) is 27.0. The summed E-state index contributed by atoms with van der Waals surface area (Å²) in [6.07, 6.45) is 2.59. The van der Waals surface area contributed by atoms with Gasteiger partial charge in [0.15, 0.2) is 0 Å². The van der Waals surface area contributed by atoms with Crippen molar-refractivity contribution in [1.29, 1.82) is 0 Å². The fraction of sp³-hybridized carbons (Fsp3) is 0.226. The highest BCUT2D eigenvalue weighted by Gasteiger charge is 2.28. The molecule has 10 heteroatoms. The van der Waals surface area contributed by atoms with Crippen molar-refractivity contribution in [3.63, 3.8) is 0 Å². The number of hydrogen-bond donors (Lipinski definition) is 1. The molecule has 0 bridgehead atoms. The van der Waals surface area contributed by atoms with E-state index in [0.717, 1.165) is 13.0 Å². The van der Waals surface area contributed by atoms with Gasteiger partial charge in [-0.3, -0.25) is 9.79 Å². The van der Waals surface area contributed by atoms with Gasteiger partial charge < -0.3 is 15.1 Å². The van der Waals surface area contributed by atoms with Crippen molar-refractivity contribution in [3.8, 4) is 11.3 Å². The highest BCUT2D eigenvalue weighted by Crippen LogP contribution is 2.35. The summed E-state index contributed by atoms with van der Waals surface area (Å²) in [6, 6.07) is 16.4. The van der Waals surface area contributed by atoms with Gasteiger partial charge in [0.25, 0.3) is 5.91 Å². The van der Waals surface area contributed by atoms with E-state index < -0.39 is 11.6 Å². The average molecular weight is 573 g/mol. The largest absolute Gasteiger partial charge is 0.337 e. The second-order valence-corrected chi connectivity index (χ2v) is 10.8. The number of amides is 1. The summed E-state index contributed by atoms with van der Waals surface area (Å²) in [5, 5.41) is 3.61. The van der Waals surface area contributed by atoms with Crippen molar-refractivity contribution < 1.29 is 13.6 Å². The summed E-state index contributed by atoms with van der Waals surface area (Å²) >= 11 is 6.32. The SMILES string of the molecule is CN(C)C1CCN(C(=O)c2cccc(Nc3ncc4c(n3)-c3ccc(Cl)cc3C(c3c(F)cccc3F)=NC4)c2)C1. The zero-order chi connectivity index (χ0) is 28.7. The van der Waals surface area contributed by atoms with Gasteiger partial charge in [-0.25, -0.2) is 18.7 Å². The standard InChI is InChI=1S/C31H27ClF2N6O/c1-39(2)22-11-12-40(17-22)30(41)18-5-3-6-21(13-18)37-31-36-16-19-15-35-29(27-25(33)7-4-8-26(27)34)24-14-20(32)9-10-23(24)28(19)38-31/h3-10,13-14,16,22H,11-12,15,17H2,1-2H3,(H,36,37,38). The summed E-state index contributed by atoms with van der Waals surface area (Å²) in [5.41, 5.74) is 3.55. The highest BCUT2D eigenvalue weighted by molar-refractivity contribution is 6.31. The van der Waals surface area contributed by atoms with E-state index in [0.29, 0.717) is 57.2 Å². The average Bonchev–Trinajstić information content (AvgIpc) is 3.40. The topological polar surface area (TPSA) is 73.7 Å². The van der Waals surface area contributed by atoms with Crippen LogP contribution >= 0.6 is 11.6 Å². The van der Waals surface area contributed by atoms with Crippen LogP contribution in [0.25, 0.3) is 11.3 Å². The predicted octanol–water partition coefficient (Wildman–Crippen LogP) is 5.95. The molecule has 6 rings (SSSR count). The van der Waals surface area contributed by atoms with Gasteiger partial charge in [0.1, 0.15) is 11.6 Å². The molecule has 0 saturated carbocycles. The molecule has 1 fully saturated rings. The van der Waals surface area contributed by atoms with Gasteiger partial charge in [-0.15, -0.1) is 0 Å². The van der Waals surface area contributed by atoms with E-state index in [9.17, 15) is 13.6 Å². The van der Waals surface area contributed by atoms with E-state index in [4.69, 9.17) is 16.6 Å². The van der Waals surface area contributed by atoms with Gasteiger partial charge in [0.2, 0.25) is 5.95 Å². The number of aliphatic imine (C=N–C) groups is 1. The molecule has 0 radical (unpaired) electrons. The molecule has 1 aromatic heterocycles. The molecule has 0 aliphatic carbocycles. The number of carbonyl (C=O) groups excluding carboxylic acids is 1. The zero-order valence-corrected chi connectivity index (χ0v) is 23.3. The van der Waals surface area contributed by atoms with Gasteiger partial charge in [0, 0.05) is 58.3 Å². The molecular weight excluding hydrogens is 546 g/mol. The molecule has 4 aromatic rings. The number of likely N-dealkylation sites (N-methyl/N-ethyl adjacent to an activating group) is 1. The first-order chi connectivity index (χ1) is 19.8. The van der Waals surface area contributed by atoms with Crippen LogP contribution < -0.4 is 5.32 Å². The molecule has 2 aliphatic heterocycles. The van der Waals surface area contributed by atoms with Crippen LogP contribution in [0.3, 0.4) is 0 Å². The van der Waals surface area contributed by atoms with E-state index in [2.05, 4.69) is 20.2 Å². The van der Waals surface area contributed by atoms with Crippen LogP contribution in [-0.2, 0) is 6.54 Å². The van der Waals surface area contributed by atoms with Gasteiger partial charge in [-0.2, -0.15) is 0 Å². The van der Waals surface area contributed by atoms with Gasteiger partial charge in [-0.05, 0) is 63.0 Å². The van der Waals surface area contributed by atoms with Crippen LogP contribution in [-0.4, -0.2) is 64.6 Å². The molecule has 3 aromatic carbocycles. The predicted molar refractivity (Wildman–Crippen MR) is 156 cm³/mol. The molecule has 208 valence electrons. The Balaban J connectivity index is 1.31. The minimum absolute atomic E-state index is 0.0169. The summed E-state index contributed by atoms with van der Waals surface area (Å²) in [6.45, 7) is 1.54. The van der Waals surface area contributed by atoms with Crippen molar-refractivity contribution in [1.82, 2.24) is 19.8 Å². The molecule has 0 spiro atoms. The Hall–Kier alpha value is -4.21. The molecular formula is C31H27ClF2N6O. The van der Waals surface area contributed by atoms with Crippen LogP contribution in [0.1, 0.15) is 33.5 Å². The van der Waals surface area contributed by atoms with Crippen LogP contribution in [0.4, 0.5) is 20.4 Å². The third-order valence-corrected chi connectivity index (χ3v) is 7.75.